The molecule has 0 saturated heterocycles. The van der Waals surface area contributed by atoms with E-state index in [0.29, 0.717) is 6.54 Å². The Morgan fingerprint density at radius 2 is 2.04 bits per heavy atom. The second-order valence-corrected chi connectivity index (χ2v) is 5.62. The number of hydrogen-bond acceptors (Lipinski definition) is 5. The fourth-order valence-electron chi connectivity index (χ4n) is 2.44. The van der Waals surface area contributed by atoms with Crippen molar-refractivity contribution in [3.05, 3.63) is 23.8 Å². The summed E-state index contributed by atoms with van der Waals surface area (Å²) in [6, 6.07) is 4.06. The molecule has 2 rings (SSSR count). The van der Waals surface area contributed by atoms with E-state index in [-0.39, 0.29) is 30.1 Å². The van der Waals surface area contributed by atoms with Crippen LogP contribution >= 0.6 is 0 Å². The molecule has 2 N–H and O–H groups in total. The summed E-state index contributed by atoms with van der Waals surface area (Å²) in [4.78, 5) is 14.2. The molecule has 1 unspecified atom stereocenters. The zero-order chi connectivity index (χ0) is 17.7. The van der Waals surface area contributed by atoms with E-state index < -0.39 is 12.7 Å². The van der Waals surface area contributed by atoms with Crippen LogP contribution < -0.4 is 15.2 Å². The zero-order valence-electron chi connectivity index (χ0n) is 13.7. The molecular formula is C16H22F2N2O4. The van der Waals surface area contributed by atoms with Gasteiger partial charge in [-0.05, 0) is 30.5 Å². The third-order valence-corrected chi connectivity index (χ3v) is 3.73. The van der Waals surface area contributed by atoms with E-state index in [1.807, 2.05) is 0 Å². The van der Waals surface area contributed by atoms with E-state index in [1.165, 1.54) is 20.3 Å². The van der Waals surface area contributed by atoms with Crippen LogP contribution in [-0.4, -0.2) is 50.3 Å². The van der Waals surface area contributed by atoms with Crippen LogP contribution in [0, 0.1) is 0 Å². The van der Waals surface area contributed by atoms with Crippen LogP contribution in [0.5, 0.6) is 11.5 Å². The molecule has 1 aromatic carbocycles. The Kier molecular flexibility index (Phi) is 6.33. The predicted octanol–water partition coefficient (Wildman–Crippen LogP) is 1.76. The molecule has 1 atom stereocenters. The minimum atomic E-state index is -2.93. The Morgan fingerprint density at radius 3 is 2.58 bits per heavy atom. The van der Waals surface area contributed by atoms with Crippen LogP contribution in [0.2, 0.25) is 0 Å². The SMILES string of the molecule is COCC(N)C(=O)N(Cc1ccc(OC(F)F)c(OC)c1)C1CC1. The lowest BCUT2D eigenvalue weighted by molar-refractivity contribution is -0.135. The minimum absolute atomic E-state index is 0.0448. The van der Waals surface area contributed by atoms with Crippen LogP contribution in [0.1, 0.15) is 18.4 Å². The second kappa shape index (κ2) is 8.25. The molecule has 6 nitrogen and oxygen atoms in total. The van der Waals surface area contributed by atoms with Gasteiger partial charge in [0.25, 0.3) is 0 Å². The van der Waals surface area contributed by atoms with E-state index in [0.717, 1.165) is 18.4 Å². The number of amides is 1. The van der Waals surface area contributed by atoms with Crippen molar-refractivity contribution in [2.45, 2.75) is 38.1 Å². The number of rotatable bonds is 9. The monoisotopic (exact) mass is 344 g/mol. The molecule has 1 aromatic rings. The maximum absolute atomic E-state index is 12.5. The zero-order valence-corrected chi connectivity index (χ0v) is 13.7. The summed E-state index contributed by atoms with van der Waals surface area (Å²) < 4.78 is 39.2. The van der Waals surface area contributed by atoms with Gasteiger partial charge in [0.05, 0.1) is 13.7 Å². The van der Waals surface area contributed by atoms with Crippen LogP contribution in [0.3, 0.4) is 0 Å². The minimum Gasteiger partial charge on any atom is -0.493 e. The number of benzene rings is 1. The highest BCUT2D eigenvalue weighted by atomic mass is 19.3. The second-order valence-electron chi connectivity index (χ2n) is 5.62. The fraction of sp³-hybridized carbons (Fsp3) is 0.562. The average Bonchev–Trinajstić information content (AvgIpc) is 3.37. The average molecular weight is 344 g/mol. The van der Waals surface area contributed by atoms with E-state index in [9.17, 15) is 13.6 Å². The largest absolute Gasteiger partial charge is 0.493 e. The topological polar surface area (TPSA) is 74.0 Å². The van der Waals surface area contributed by atoms with Gasteiger partial charge >= 0.3 is 6.61 Å². The predicted molar refractivity (Wildman–Crippen MR) is 83.0 cm³/mol. The Balaban J connectivity index is 2.13. The first-order valence-corrected chi connectivity index (χ1v) is 7.63. The molecule has 1 aliphatic rings. The summed E-state index contributed by atoms with van der Waals surface area (Å²) >= 11 is 0. The number of halogens is 2. The molecule has 0 aliphatic heterocycles. The lowest BCUT2D eigenvalue weighted by Gasteiger charge is -2.26. The van der Waals surface area contributed by atoms with Crippen molar-refractivity contribution in [3.8, 4) is 11.5 Å². The number of hydrogen-bond donors (Lipinski definition) is 1. The quantitative estimate of drug-likeness (QED) is 0.739. The summed E-state index contributed by atoms with van der Waals surface area (Å²) in [6.07, 6.45) is 1.85. The van der Waals surface area contributed by atoms with Crippen molar-refractivity contribution in [2.75, 3.05) is 20.8 Å². The molecule has 0 heterocycles. The number of methoxy groups -OCH3 is 2. The first kappa shape index (κ1) is 18.4. The van der Waals surface area contributed by atoms with Gasteiger partial charge in [-0.1, -0.05) is 6.07 Å². The lowest BCUT2D eigenvalue weighted by atomic mass is 10.1. The Labute approximate surface area is 139 Å². The van der Waals surface area contributed by atoms with Crippen molar-refractivity contribution >= 4 is 5.91 Å². The molecule has 1 amide bonds. The van der Waals surface area contributed by atoms with Crippen LogP contribution in [-0.2, 0) is 16.1 Å². The summed E-state index contributed by atoms with van der Waals surface area (Å²) in [5, 5.41) is 0. The summed E-state index contributed by atoms with van der Waals surface area (Å²) in [7, 11) is 2.86. The van der Waals surface area contributed by atoms with Crippen molar-refractivity contribution < 1.29 is 27.8 Å². The van der Waals surface area contributed by atoms with E-state index in [1.54, 1.807) is 17.0 Å². The summed E-state index contributed by atoms with van der Waals surface area (Å²) in [6.45, 7) is -2.46. The maximum atomic E-state index is 12.5. The third-order valence-electron chi connectivity index (χ3n) is 3.73. The van der Waals surface area contributed by atoms with Gasteiger partial charge in [0.1, 0.15) is 6.04 Å². The van der Waals surface area contributed by atoms with Gasteiger partial charge in [-0.3, -0.25) is 4.79 Å². The van der Waals surface area contributed by atoms with Gasteiger partial charge in [0.2, 0.25) is 5.91 Å². The van der Waals surface area contributed by atoms with E-state index >= 15 is 0 Å². The molecular weight excluding hydrogens is 322 g/mol. The Morgan fingerprint density at radius 1 is 1.33 bits per heavy atom. The molecule has 1 saturated carbocycles. The van der Waals surface area contributed by atoms with E-state index in [4.69, 9.17) is 15.2 Å². The van der Waals surface area contributed by atoms with Gasteiger partial charge in [-0.25, -0.2) is 0 Å². The summed E-state index contributed by atoms with van der Waals surface area (Å²) in [5.74, 6) is -0.0416. The number of nitrogens with zero attached hydrogens (tertiary/aromatic N) is 1. The molecule has 0 spiro atoms. The lowest BCUT2D eigenvalue weighted by Crippen LogP contribution is -2.46. The third kappa shape index (κ3) is 4.78. The number of alkyl halides is 2. The van der Waals surface area contributed by atoms with Gasteiger partial charge < -0.3 is 24.8 Å². The molecule has 134 valence electrons. The number of nitrogens with two attached hydrogens (primary N) is 1. The number of ether oxygens (including phenoxy) is 3. The highest BCUT2D eigenvalue weighted by Crippen LogP contribution is 2.32. The van der Waals surface area contributed by atoms with Crippen molar-refractivity contribution in [2.24, 2.45) is 5.73 Å². The Hall–Kier alpha value is -1.93. The first-order chi connectivity index (χ1) is 11.5. The van der Waals surface area contributed by atoms with Crippen LogP contribution in [0.25, 0.3) is 0 Å². The molecule has 8 heteroatoms. The standard InChI is InChI=1S/C16H22F2N2O4/c1-22-9-12(19)15(21)20(11-4-5-11)8-10-3-6-13(24-16(17)18)14(7-10)23-2/h3,6-7,11-12,16H,4-5,8-9,19H2,1-2H3. The molecule has 0 radical (unpaired) electrons. The molecule has 0 aromatic heterocycles. The highest BCUT2D eigenvalue weighted by Gasteiger charge is 2.34. The van der Waals surface area contributed by atoms with Crippen molar-refractivity contribution in [1.82, 2.24) is 4.90 Å². The van der Waals surface area contributed by atoms with Crippen LogP contribution in [0.15, 0.2) is 18.2 Å². The van der Waals surface area contributed by atoms with E-state index in [2.05, 4.69) is 4.74 Å². The maximum Gasteiger partial charge on any atom is 0.387 e. The molecule has 1 aliphatic carbocycles. The molecule has 0 bridgehead atoms. The van der Waals surface area contributed by atoms with Crippen molar-refractivity contribution in [1.29, 1.82) is 0 Å². The summed E-state index contributed by atoms with van der Waals surface area (Å²) in [5.41, 5.74) is 6.59. The van der Waals surface area contributed by atoms with Crippen molar-refractivity contribution in [3.63, 3.8) is 0 Å². The van der Waals surface area contributed by atoms with Gasteiger partial charge in [0.15, 0.2) is 11.5 Å². The number of carbonyl (C=O) groups excluding carboxylic acids is 1. The van der Waals surface area contributed by atoms with Crippen LogP contribution in [0.4, 0.5) is 8.78 Å². The van der Waals surface area contributed by atoms with Gasteiger partial charge in [-0.15, -0.1) is 0 Å². The molecule has 1 fully saturated rings. The Bertz CT molecular complexity index is 567. The molecule has 24 heavy (non-hydrogen) atoms. The fourth-order valence-corrected chi connectivity index (χ4v) is 2.44. The number of carbonyl (C=O) groups is 1. The first-order valence-electron chi connectivity index (χ1n) is 7.63. The van der Waals surface area contributed by atoms with Gasteiger partial charge in [-0.2, -0.15) is 8.78 Å². The normalized spacial score (nSPS) is 15.2. The highest BCUT2D eigenvalue weighted by molar-refractivity contribution is 5.82. The smallest absolute Gasteiger partial charge is 0.387 e. The van der Waals surface area contributed by atoms with Gasteiger partial charge in [0, 0.05) is 19.7 Å².